The van der Waals surface area contributed by atoms with Gasteiger partial charge in [0.15, 0.2) is 0 Å². The van der Waals surface area contributed by atoms with Gasteiger partial charge in [0.1, 0.15) is 0 Å². The number of nitrogens with zero attached hydrogens (tertiary/aromatic N) is 1. The van der Waals surface area contributed by atoms with Crippen LogP contribution in [0, 0.1) is 0 Å². The number of thioether (sulfide) groups is 1. The standard InChI is InChI=1S/C12H18F3N3S/c1-11(2,3)19-7-10(18-16)8-6-17-5-4-9(8)12(13,14)15/h4-6,10,18H,7,16H2,1-3H3. The Balaban J connectivity index is 2.99. The van der Waals surface area contributed by atoms with Crippen LogP contribution in [-0.2, 0) is 6.18 Å². The lowest BCUT2D eigenvalue weighted by atomic mass is 10.0. The lowest BCUT2D eigenvalue weighted by molar-refractivity contribution is -0.138. The SMILES string of the molecule is CC(C)(C)SCC(NN)c1cnccc1C(F)(F)F. The molecule has 0 aromatic carbocycles. The maximum atomic E-state index is 12.9. The van der Waals surface area contributed by atoms with Crippen molar-refractivity contribution in [3.63, 3.8) is 0 Å². The molecule has 0 aliphatic rings. The van der Waals surface area contributed by atoms with Gasteiger partial charge in [-0.15, -0.1) is 0 Å². The third-order valence-electron chi connectivity index (χ3n) is 2.42. The van der Waals surface area contributed by atoms with Crippen LogP contribution in [-0.4, -0.2) is 15.5 Å². The van der Waals surface area contributed by atoms with Crippen molar-refractivity contribution in [3.8, 4) is 0 Å². The van der Waals surface area contributed by atoms with Crippen LogP contribution in [0.5, 0.6) is 0 Å². The van der Waals surface area contributed by atoms with E-state index < -0.39 is 17.8 Å². The summed E-state index contributed by atoms with van der Waals surface area (Å²) in [5, 5.41) is 0. The summed E-state index contributed by atoms with van der Waals surface area (Å²) in [6, 6.07) is 0.385. The minimum absolute atomic E-state index is 0.0459. The van der Waals surface area contributed by atoms with Crippen LogP contribution >= 0.6 is 11.8 Å². The van der Waals surface area contributed by atoms with Gasteiger partial charge in [-0.3, -0.25) is 16.3 Å². The fraction of sp³-hybridized carbons (Fsp3) is 0.583. The van der Waals surface area contributed by atoms with E-state index in [-0.39, 0.29) is 10.3 Å². The first kappa shape index (κ1) is 16.3. The van der Waals surface area contributed by atoms with Crippen molar-refractivity contribution >= 4 is 11.8 Å². The molecule has 1 atom stereocenters. The number of alkyl halides is 3. The summed E-state index contributed by atoms with van der Waals surface area (Å²) in [5.41, 5.74) is 1.83. The third-order valence-corrected chi connectivity index (χ3v) is 3.78. The largest absolute Gasteiger partial charge is 0.416 e. The molecule has 1 unspecified atom stereocenters. The summed E-state index contributed by atoms with van der Waals surface area (Å²) in [4.78, 5) is 3.77. The van der Waals surface area contributed by atoms with Crippen molar-refractivity contribution in [2.75, 3.05) is 5.75 Å². The highest BCUT2D eigenvalue weighted by Gasteiger charge is 2.35. The number of hydrazine groups is 1. The van der Waals surface area contributed by atoms with E-state index in [9.17, 15) is 13.2 Å². The summed E-state index contributed by atoms with van der Waals surface area (Å²) in [6.45, 7) is 6.00. The molecule has 0 bridgehead atoms. The lowest BCUT2D eigenvalue weighted by Gasteiger charge is -2.24. The molecular weight excluding hydrogens is 275 g/mol. The molecule has 3 N–H and O–H groups in total. The molecule has 0 aliphatic carbocycles. The fourth-order valence-corrected chi connectivity index (χ4v) is 2.45. The van der Waals surface area contributed by atoms with Crippen LogP contribution in [0.3, 0.4) is 0 Å². The number of aromatic nitrogens is 1. The predicted molar refractivity (Wildman–Crippen MR) is 71.5 cm³/mol. The van der Waals surface area contributed by atoms with Gasteiger partial charge in [0.25, 0.3) is 0 Å². The molecule has 0 saturated heterocycles. The molecule has 7 heteroatoms. The molecule has 0 spiro atoms. The van der Waals surface area contributed by atoms with Crippen LogP contribution in [0.4, 0.5) is 13.2 Å². The molecule has 3 nitrogen and oxygen atoms in total. The Morgan fingerprint density at radius 3 is 2.47 bits per heavy atom. The smallest absolute Gasteiger partial charge is 0.271 e. The van der Waals surface area contributed by atoms with Crippen LogP contribution < -0.4 is 11.3 Å². The monoisotopic (exact) mass is 293 g/mol. The maximum absolute atomic E-state index is 12.9. The van der Waals surface area contributed by atoms with Crippen molar-refractivity contribution in [3.05, 3.63) is 29.6 Å². The van der Waals surface area contributed by atoms with E-state index >= 15 is 0 Å². The minimum Gasteiger partial charge on any atom is -0.271 e. The Hall–Kier alpha value is -0.790. The summed E-state index contributed by atoms with van der Waals surface area (Å²) >= 11 is 1.54. The van der Waals surface area contributed by atoms with Gasteiger partial charge in [-0.2, -0.15) is 24.9 Å². The molecule has 19 heavy (non-hydrogen) atoms. The van der Waals surface area contributed by atoms with Gasteiger partial charge in [0.2, 0.25) is 0 Å². The van der Waals surface area contributed by atoms with E-state index in [1.165, 1.54) is 6.20 Å². The second-order valence-electron chi connectivity index (χ2n) is 5.10. The van der Waals surface area contributed by atoms with Gasteiger partial charge in [-0.25, -0.2) is 0 Å². The van der Waals surface area contributed by atoms with Crippen LogP contribution in [0.15, 0.2) is 18.5 Å². The number of rotatable bonds is 4. The number of hydrogen-bond acceptors (Lipinski definition) is 4. The van der Waals surface area contributed by atoms with Crippen molar-refractivity contribution < 1.29 is 13.2 Å². The van der Waals surface area contributed by atoms with Crippen molar-refractivity contribution in [1.29, 1.82) is 0 Å². The van der Waals surface area contributed by atoms with Gasteiger partial charge >= 0.3 is 6.18 Å². The zero-order valence-corrected chi connectivity index (χ0v) is 11.9. The molecule has 1 rings (SSSR count). The molecule has 108 valence electrons. The van der Waals surface area contributed by atoms with E-state index in [0.29, 0.717) is 5.75 Å². The number of halogens is 3. The molecule has 0 radical (unpaired) electrons. The zero-order valence-electron chi connectivity index (χ0n) is 11.1. The second-order valence-corrected chi connectivity index (χ2v) is 6.95. The maximum Gasteiger partial charge on any atom is 0.416 e. The molecule has 1 aromatic heterocycles. The Labute approximate surface area is 115 Å². The van der Waals surface area contributed by atoms with E-state index in [2.05, 4.69) is 10.4 Å². The first-order valence-corrected chi connectivity index (χ1v) is 6.75. The van der Waals surface area contributed by atoms with Gasteiger partial charge in [0, 0.05) is 28.5 Å². The second kappa shape index (κ2) is 6.11. The Morgan fingerprint density at radius 2 is 2.00 bits per heavy atom. The predicted octanol–water partition coefficient (Wildman–Crippen LogP) is 3.14. The van der Waals surface area contributed by atoms with E-state index in [4.69, 9.17) is 5.84 Å². The summed E-state index contributed by atoms with van der Waals surface area (Å²) < 4.78 is 38.7. The van der Waals surface area contributed by atoms with Crippen LogP contribution in [0.2, 0.25) is 0 Å². The normalized spacial score (nSPS) is 14.5. The third kappa shape index (κ3) is 5.00. The highest BCUT2D eigenvalue weighted by molar-refractivity contribution is 8.00. The highest BCUT2D eigenvalue weighted by atomic mass is 32.2. The van der Waals surface area contributed by atoms with Crippen molar-refractivity contribution in [2.24, 2.45) is 5.84 Å². The highest BCUT2D eigenvalue weighted by Crippen LogP contribution is 2.36. The quantitative estimate of drug-likeness (QED) is 0.661. The van der Waals surface area contributed by atoms with Crippen LogP contribution in [0.25, 0.3) is 0 Å². The van der Waals surface area contributed by atoms with E-state index in [1.54, 1.807) is 11.8 Å². The first-order chi connectivity index (χ1) is 8.65. The minimum atomic E-state index is -4.40. The average molecular weight is 293 g/mol. The molecule has 0 fully saturated rings. The summed E-state index contributed by atoms with van der Waals surface area (Å²) in [7, 11) is 0. The number of hydrogen-bond donors (Lipinski definition) is 2. The number of nitrogens with one attached hydrogen (secondary N) is 1. The van der Waals surface area contributed by atoms with Crippen molar-refractivity contribution in [1.82, 2.24) is 10.4 Å². The topological polar surface area (TPSA) is 50.9 Å². The first-order valence-electron chi connectivity index (χ1n) is 5.76. The summed E-state index contributed by atoms with van der Waals surface area (Å²) in [6.07, 6.45) is -2.05. The Bertz CT molecular complexity index is 415. The average Bonchev–Trinajstić information content (AvgIpc) is 2.27. The number of pyridine rings is 1. The lowest BCUT2D eigenvalue weighted by Crippen LogP contribution is -2.32. The van der Waals surface area contributed by atoms with Crippen molar-refractivity contribution in [2.45, 2.75) is 37.7 Å². The van der Waals surface area contributed by atoms with E-state index in [1.807, 2.05) is 20.8 Å². The molecule has 0 amide bonds. The Kier molecular flexibility index (Phi) is 5.23. The molecular formula is C12H18F3N3S. The molecule has 1 aromatic rings. The van der Waals surface area contributed by atoms with E-state index in [0.717, 1.165) is 12.3 Å². The molecule has 0 aliphatic heterocycles. The molecule has 0 saturated carbocycles. The van der Waals surface area contributed by atoms with Gasteiger partial charge in [-0.1, -0.05) is 20.8 Å². The van der Waals surface area contributed by atoms with Gasteiger partial charge in [-0.05, 0) is 6.07 Å². The van der Waals surface area contributed by atoms with Gasteiger partial charge in [0.05, 0.1) is 11.6 Å². The number of nitrogens with two attached hydrogens (primary N) is 1. The van der Waals surface area contributed by atoms with Gasteiger partial charge < -0.3 is 0 Å². The molecule has 1 heterocycles. The van der Waals surface area contributed by atoms with Crippen LogP contribution in [0.1, 0.15) is 37.9 Å². The summed E-state index contributed by atoms with van der Waals surface area (Å²) in [5.74, 6) is 5.83. The zero-order chi connectivity index (χ0) is 14.7. The Morgan fingerprint density at radius 1 is 1.37 bits per heavy atom. The fourth-order valence-electron chi connectivity index (χ4n) is 1.50.